The summed E-state index contributed by atoms with van der Waals surface area (Å²) in [6, 6.07) is 5.59. The summed E-state index contributed by atoms with van der Waals surface area (Å²) in [5.74, 6) is -0.377. The number of hydrogen-bond acceptors (Lipinski definition) is 3. The maximum Gasteiger partial charge on any atom is 0.317 e. The largest absolute Gasteiger partial charge is 0.365 e. The number of benzene rings is 1. The Bertz CT molecular complexity index is 746. The van der Waals surface area contributed by atoms with Crippen molar-refractivity contribution in [2.24, 2.45) is 11.5 Å². The van der Waals surface area contributed by atoms with Crippen LogP contribution in [0.4, 0.5) is 10.6 Å². The highest BCUT2D eigenvalue weighted by atomic mass is 16.2. The van der Waals surface area contributed by atoms with Crippen LogP contribution < -0.4 is 22.1 Å². The van der Waals surface area contributed by atoms with Gasteiger partial charge >= 0.3 is 6.03 Å². The lowest BCUT2D eigenvalue weighted by Crippen LogP contribution is -2.25. The third-order valence-electron chi connectivity index (χ3n) is 4.31. The molecule has 3 rings (SSSR count). The zero-order valence-electron chi connectivity index (χ0n) is 12.8. The van der Waals surface area contributed by atoms with Gasteiger partial charge in [-0.2, -0.15) is 0 Å². The van der Waals surface area contributed by atoms with Crippen LogP contribution in [0.3, 0.4) is 0 Å². The van der Waals surface area contributed by atoms with E-state index in [4.69, 9.17) is 11.5 Å². The predicted octanol–water partition coefficient (Wildman–Crippen LogP) is 1.79. The number of nitrogens with one attached hydrogen (secondary N) is 3. The molecule has 1 aliphatic rings. The fourth-order valence-corrected chi connectivity index (χ4v) is 3.22. The standard InChI is InChI=1S/C16H21N5O2/c17-14(22)13-11-6-5-9(8-19-10-3-1-2-4-10)7-12(11)20-15(13)21-16(18)23/h5-7,10,19-20H,1-4,8H2,(H2,17,22)(H3,18,21,23). The number of rotatable bonds is 5. The van der Waals surface area contributed by atoms with Crippen LogP contribution in [-0.4, -0.2) is 23.0 Å². The van der Waals surface area contributed by atoms with Crippen LogP contribution in [0.25, 0.3) is 10.9 Å². The molecule has 0 atom stereocenters. The van der Waals surface area contributed by atoms with E-state index < -0.39 is 11.9 Å². The van der Waals surface area contributed by atoms with Crippen molar-refractivity contribution < 1.29 is 9.59 Å². The second-order valence-corrected chi connectivity index (χ2v) is 5.97. The Morgan fingerprint density at radius 2 is 1.96 bits per heavy atom. The number of aromatic nitrogens is 1. The van der Waals surface area contributed by atoms with Crippen molar-refractivity contribution in [3.8, 4) is 0 Å². The lowest BCUT2D eigenvalue weighted by Gasteiger charge is -2.11. The second kappa shape index (κ2) is 6.29. The molecular weight excluding hydrogens is 294 g/mol. The van der Waals surface area contributed by atoms with Gasteiger partial charge in [-0.1, -0.05) is 25.0 Å². The van der Waals surface area contributed by atoms with Gasteiger partial charge in [-0.05, 0) is 24.5 Å². The Labute approximate surface area is 133 Å². The van der Waals surface area contributed by atoms with Crippen molar-refractivity contribution in [3.63, 3.8) is 0 Å². The highest BCUT2D eigenvalue weighted by Gasteiger charge is 2.18. The second-order valence-electron chi connectivity index (χ2n) is 5.97. The number of primary amides is 2. The Kier molecular flexibility index (Phi) is 4.20. The van der Waals surface area contributed by atoms with Crippen molar-refractivity contribution in [1.29, 1.82) is 0 Å². The van der Waals surface area contributed by atoms with Crippen LogP contribution in [0.1, 0.15) is 41.6 Å². The Balaban J connectivity index is 1.86. The summed E-state index contributed by atoms with van der Waals surface area (Å²) in [6.07, 6.45) is 5.03. The highest BCUT2D eigenvalue weighted by molar-refractivity contribution is 6.12. The molecule has 1 aromatic carbocycles. The molecule has 0 spiro atoms. The molecular formula is C16H21N5O2. The first kappa shape index (κ1) is 15.4. The SMILES string of the molecule is NC(=O)Nc1[nH]c2cc(CNC3CCCC3)ccc2c1C(N)=O. The highest BCUT2D eigenvalue weighted by Crippen LogP contribution is 2.27. The zero-order chi connectivity index (χ0) is 16.4. The molecule has 2 aromatic rings. The number of aromatic amines is 1. The minimum Gasteiger partial charge on any atom is -0.365 e. The first-order chi connectivity index (χ1) is 11.0. The van der Waals surface area contributed by atoms with Gasteiger partial charge < -0.3 is 21.8 Å². The molecule has 122 valence electrons. The van der Waals surface area contributed by atoms with E-state index in [1.54, 1.807) is 0 Å². The van der Waals surface area contributed by atoms with Crippen LogP contribution in [-0.2, 0) is 6.54 Å². The van der Waals surface area contributed by atoms with Gasteiger partial charge in [0.1, 0.15) is 5.82 Å². The first-order valence-electron chi connectivity index (χ1n) is 7.79. The van der Waals surface area contributed by atoms with Crippen LogP contribution in [0, 0.1) is 0 Å². The molecule has 1 aliphatic carbocycles. The van der Waals surface area contributed by atoms with E-state index in [1.165, 1.54) is 25.7 Å². The Hall–Kier alpha value is -2.54. The van der Waals surface area contributed by atoms with Gasteiger partial charge in [0.2, 0.25) is 0 Å². The fourth-order valence-electron chi connectivity index (χ4n) is 3.22. The van der Waals surface area contributed by atoms with Crippen molar-refractivity contribution >= 4 is 28.7 Å². The van der Waals surface area contributed by atoms with Gasteiger partial charge in [-0.25, -0.2) is 4.79 Å². The average Bonchev–Trinajstić information content (AvgIpc) is 3.10. The number of H-pyrrole nitrogens is 1. The summed E-state index contributed by atoms with van der Waals surface area (Å²) in [7, 11) is 0. The summed E-state index contributed by atoms with van der Waals surface area (Å²) in [5, 5.41) is 6.62. The molecule has 0 bridgehead atoms. The predicted molar refractivity (Wildman–Crippen MR) is 89.1 cm³/mol. The number of carbonyl (C=O) groups is 2. The zero-order valence-corrected chi connectivity index (χ0v) is 12.8. The van der Waals surface area contributed by atoms with E-state index in [-0.39, 0.29) is 11.4 Å². The molecule has 7 heteroatoms. The van der Waals surface area contributed by atoms with E-state index in [0.717, 1.165) is 17.6 Å². The lowest BCUT2D eigenvalue weighted by atomic mass is 10.1. The molecule has 7 N–H and O–H groups in total. The fraction of sp³-hybridized carbons (Fsp3) is 0.375. The monoisotopic (exact) mass is 315 g/mol. The number of amides is 3. The molecule has 1 aromatic heterocycles. The van der Waals surface area contributed by atoms with Crippen molar-refractivity contribution in [2.75, 3.05) is 5.32 Å². The van der Waals surface area contributed by atoms with Crippen LogP contribution in [0.2, 0.25) is 0 Å². The van der Waals surface area contributed by atoms with Crippen LogP contribution in [0.5, 0.6) is 0 Å². The molecule has 0 unspecified atom stereocenters. The summed E-state index contributed by atoms with van der Waals surface area (Å²) >= 11 is 0. The maximum absolute atomic E-state index is 11.7. The normalized spacial score (nSPS) is 15.1. The molecule has 23 heavy (non-hydrogen) atoms. The molecule has 0 radical (unpaired) electrons. The molecule has 1 fully saturated rings. The Morgan fingerprint density at radius 1 is 1.22 bits per heavy atom. The van der Waals surface area contributed by atoms with E-state index in [1.807, 2.05) is 18.2 Å². The van der Waals surface area contributed by atoms with Crippen molar-refractivity contribution in [3.05, 3.63) is 29.3 Å². The summed E-state index contributed by atoms with van der Waals surface area (Å²) in [4.78, 5) is 25.7. The number of hydrogen-bond donors (Lipinski definition) is 5. The van der Waals surface area contributed by atoms with Crippen molar-refractivity contribution in [1.82, 2.24) is 10.3 Å². The number of carbonyl (C=O) groups excluding carboxylic acids is 2. The number of fused-ring (bicyclic) bond motifs is 1. The topological polar surface area (TPSA) is 126 Å². The van der Waals surface area contributed by atoms with Gasteiger partial charge in [0.25, 0.3) is 5.91 Å². The summed E-state index contributed by atoms with van der Waals surface area (Å²) in [5.41, 5.74) is 12.6. The minimum atomic E-state index is -0.748. The molecule has 1 heterocycles. The van der Waals surface area contributed by atoms with Gasteiger partial charge in [0, 0.05) is 23.5 Å². The lowest BCUT2D eigenvalue weighted by molar-refractivity contribution is 0.100. The third kappa shape index (κ3) is 3.29. The summed E-state index contributed by atoms with van der Waals surface area (Å²) in [6.45, 7) is 0.768. The molecule has 7 nitrogen and oxygen atoms in total. The molecule has 0 aliphatic heterocycles. The quantitative estimate of drug-likeness (QED) is 0.577. The Morgan fingerprint density at radius 3 is 2.61 bits per heavy atom. The van der Waals surface area contributed by atoms with Gasteiger partial charge in [-0.3, -0.25) is 10.1 Å². The number of nitrogens with two attached hydrogens (primary N) is 2. The first-order valence-corrected chi connectivity index (χ1v) is 7.79. The molecule has 1 saturated carbocycles. The third-order valence-corrected chi connectivity index (χ3v) is 4.31. The smallest absolute Gasteiger partial charge is 0.317 e. The van der Waals surface area contributed by atoms with E-state index in [2.05, 4.69) is 15.6 Å². The van der Waals surface area contributed by atoms with Gasteiger partial charge in [0.05, 0.1) is 5.56 Å². The number of anilines is 1. The van der Waals surface area contributed by atoms with E-state index >= 15 is 0 Å². The van der Waals surface area contributed by atoms with Gasteiger partial charge in [-0.15, -0.1) is 0 Å². The molecule has 0 saturated heterocycles. The summed E-state index contributed by atoms with van der Waals surface area (Å²) < 4.78 is 0. The minimum absolute atomic E-state index is 0.237. The maximum atomic E-state index is 11.7. The number of urea groups is 1. The van der Waals surface area contributed by atoms with Crippen LogP contribution >= 0.6 is 0 Å². The van der Waals surface area contributed by atoms with E-state index in [0.29, 0.717) is 11.4 Å². The molecule has 3 amide bonds. The van der Waals surface area contributed by atoms with Gasteiger partial charge in [0.15, 0.2) is 0 Å². The average molecular weight is 315 g/mol. The van der Waals surface area contributed by atoms with Crippen molar-refractivity contribution in [2.45, 2.75) is 38.3 Å². The van der Waals surface area contributed by atoms with E-state index in [9.17, 15) is 9.59 Å². The van der Waals surface area contributed by atoms with Crippen LogP contribution in [0.15, 0.2) is 18.2 Å².